The van der Waals surface area contributed by atoms with E-state index in [2.05, 4.69) is 56.5 Å². The second-order valence-corrected chi connectivity index (χ2v) is 7.32. The third kappa shape index (κ3) is 6.42. The fraction of sp³-hybridized carbons (Fsp3) is 0.650. The number of benzene rings is 1. The van der Waals surface area contributed by atoms with Gasteiger partial charge in [-0.05, 0) is 63.6 Å². The van der Waals surface area contributed by atoms with Crippen LogP contribution in [0.4, 0.5) is 0 Å². The standard InChI is InChI=1S/C20H33N5/c1-23-13-15-25(16-14-23)22-18-20-7-5-19(6-8-20)17-21-9-4-12-24-10-2-3-11-24/h5-8,18,21H,2-4,9-17H2,1H3. The Kier molecular flexibility index (Phi) is 7.27. The van der Waals surface area contributed by atoms with Crippen molar-refractivity contribution in [1.29, 1.82) is 0 Å². The zero-order valence-corrected chi connectivity index (χ0v) is 15.7. The smallest absolute Gasteiger partial charge is 0.0542 e. The lowest BCUT2D eigenvalue weighted by Gasteiger charge is -2.30. The summed E-state index contributed by atoms with van der Waals surface area (Å²) in [5.41, 5.74) is 2.52. The lowest BCUT2D eigenvalue weighted by molar-refractivity contribution is 0.159. The van der Waals surface area contributed by atoms with E-state index in [4.69, 9.17) is 0 Å². The molecule has 2 aliphatic rings. The van der Waals surface area contributed by atoms with Gasteiger partial charge in [-0.15, -0.1) is 0 Å². The van der Waals surface area contributed by atoms with Gasteiger partial charge in [0.2, 0.25) is 0 Å². The van der Waals surface area contributed by atoms with Crippen molar-refractivity contribution >= 4 is 6.21 Å². The largest absolute Gasteiger partial charge is 0.313 e. The van der Waals surface area contributed by atoms with Crippen molar-refractivity contribution in [2.75, 3.05) is 59.4 Å². The number of likely N-dealkylation sites (N-methyl/N-ethyl adjacent to an activating group) is 1. The van der Waals surface area contributed by atoms with Crippen LogP contribution in [0.3, 0.4) is 0 Å². The highest BCUT2D eigenvalue weighted by molar-refractivity contribution is 5.79. The van der Waals surface area contributed by atoms with Crippen molar-refractivity contribution < 1.29 is 0 Å². The number of rotatable bonds is 8. The van der Waals surface area contributed by atoms with Crippen LogP contribution in [0.5, 0.6) is 0 Å². The van der Waals surface area contributed by atoms with E-state index in [-0.39, 0.29) is 0 Å². The summed E-state index contributed by atoms with van der Waals surface area (Å²) in [4.78, 5) is 4.93. The Bertz CT molecular complexity index is 513. The van der Waals surface area contributed by atoms with Crippen LogP contribution in [0.1, 0.15) is 30.4 Å². The van der Waals surface area contributed by atoms with Crippen LogP contribution in [-0.2, 0) is 6.54 Å². The van der Waals surface area contributed by atoms with Gasteiger partial charge in [0.25, 0.3) is 0 Å². The van der Waals surface area contributed by atoms with Crippen LogP contribution in [0.2, 0.25) is 0 Å². The van der Waals surface area contributed by atoms with Gasteiger partial charge in [0.05, 0.1) is 6.21 Å². The van der Waals surface area contributed by atoms with Crippen LogP contribution in [0.25, 0.3) is 0 Å². The van der Waals surface area contributed by atoms with Crippen LogP contribution < -0.4 is 5.32 Å². The van der Waals surface area contributed by atoms with Crippen LogP contribution >= 0.6 is 0 Å². The molecule has 5 heteroatoms. The van der Waals surface area contributed by atoms with Gasteiger partial charge in [0.1, 0.15) is 0 Å². The molecule has 0 radical (unpaired) electrons. The molecule has 1 aromatic carbocycles. The molecule has 2 aliphatic heterocycles. The summed E-state index contributed by atoms with van der Waals surface area (Å²) in [7, 11) is 2.17. The van der Waals surface area contributed by atoms with Crippen molar-refractivity contribution in [1.82, 2.24) is 20.1 Å². The fourth-order valence-corrected chi connectivity index (χ4v) is 3.45. The predicted molar refractivity (Wildman–Crippen MR) is 105 cm³/mol. The minimum Gasteiger partial charge on any atom is -0.313 e. The predicted octanol–water partition coefficient (Wildman–Crippen LogP) is 1.84. The molecular weight excluding hydrogens is 310 g/mol. The number of nitrogens with zero attached hydrogens (tertiary/aromatic N) is 4. The van der Waals surface area contributed by atoms with Gasteiger partial charge in [-0.2, -0.15) is 5.10 Å². The Morgan fingerprint density at radius 3 is 2.44 bits per heavy atom. The van der Waals surface area contributed by atoms with Gasteiger partial charge in [0, 0.05) is 32.7 Å². The van der Waals surface area contributed by atoms with Gasteiger partial charge < -0.3 is 15.1 Å². The summed E-state index contributed by atoms with van der Waals surface area (Å²) in [5.74, 6) is 0. The Labute approximate surface area is 152 Å². The third-order valence-electron chi connectivity index (χ3n) is 5.19. The molecule has 0 bridgehead atoms. The van der Waals surface area contributed by atoms with E-state index in [1.165, 1.54) is 50.0 Å². The van der Waals surface area contributed by atoms with Crippen molar-refractivity contribution in [3.05, 3.63) is 35.4 Å². The highest BCUT2D eigenvalue weighted by Gasteiger charge is 2.11. The monoisotopic (exact) mass is 343 g/mol. The lowest BCUT2D eigenvalue weighted by Crippen LogP contribution is -2.41. The third-order valence-corrected chi connectivity index (χ3v) is 5.19. The van der Waals surface area contributed by atoms with Gasteiger partial charge in [-0.1, -0.05) is 24.3 Å². The Morgan fingerprint density at radius 2 is 1.72 bits per heavy atom. The molecule has 1 aromatic rings. The quantitative estimate of drug-likeness (QED) is 0.577. The van der Waals surface area contributed by atoms with Crippen LogP contribution in [-0.4, -0.2) is 80.4 Å². The summed E-state index contributed by atoms with van der Waals surface area (Å²) in [5, 5.41) is 10.3. The molecule has 138 valence electrons. The number of hydrogen-bond donors (Lipinski definition) is 1. The maximum atomic E-state index is 4.60. The van der Waals surface area contributed by atoms with Gasteiger partial charge >= 0.3 is 0 Å². The maximum absolute atomic E-state index is 4.60. The first-order chi connectivity index (χ1) is 12.3. The average molecular weight is 344 g/mol. The minimum absolute atomic E-state index is 0.954. The number of nitrogens with one attached hydrogen (secondary N) is 1. The molecule has 25 heavy (non-hydrogen) atoms. The summed E-state index contributed by atoms with van der Waals surface area (Å²) in [6, 6.07) is 8.75. The van der Waals surface area contributed by atoms with E-state index in [1.807, 2.05) is 6.21 Å². The zero-order valence-electron chi connectivity index (χ0n) is 15.7. The molecule has 0 saturated carbocycles. The Hall–Kier alpha value is -1.43. The van der Waals surface area contributed by atoms with Crippen molar-refractivity contribution in [3.63, 3.8) is 0 Å². The van der Waals surface area contributed by atoms with Gasteiger partial charge in [-0.25, -0.2) is 0 Å². The molecule has 2 saturated heterocycles. The number of piperazine rings is 1. The first kappa shape index (κ1) is 18.4. The van der Waals surface area contributed by atoms with Gasteiger partial charge in [0.15, 0.2) is 0 Å². The number of likely N-dealkylation sites (tertiary alicyclic amines) is 1. The molecule has 1 N–H and O–H groups in total. The highest BCUT2D eigenvalue weighted by atomic mass is 15.5. The van der Waals surface area contributed by atoms with Crippen LogP contribution in [0, 0.1) is 0 Å². The fourth-order valence-electron chi connectivity index (χ4n) is 3.45. The summed E-state index contributed by atoms with van der Waals surface area (Å²) in [6.07, 6.45) is 6.00. The minimum atomic E-state index is 0.954. The van der Waals surface area contributed by atoms with Crippen molar-refractivity contribution in [3.8, 4) is 0 Å². The molecule has 2 heterocycles. The zero-order chi connectivity index (χ0) is 17.3. The average Bonchev–Trinajstić information content (AvgIpc) is 3.15. The number of hydrogen-bond acceptors (Lipinski definition) is 5. The number of hydrazone groups is 1. The second kappa shape index (κ2) is 9.90. The van der Waals surface area contributed by atoms with E-state index < -0.39 is 0 Å². The molecule has 5 nitrogen and oxygen atoms in total. The first-order valence-corrected chi connectivity index (χ1v) is 9.79. The van der Waals surface area contributed by atoms with E-state index in [9.17, 15) is 0 Å². The lowest BCUT2D eigenvalue weighted by atomic mass is 10.1. The Morgan fingerprint density at radius 1 is 1.00 bits per heavy atom. The summed E-state index contributed by atoms with van der Waals surface area (Å²) < 4.78 is 0. The van der Waals surface area contributed by atoms with E-state index in [0.29, 0.717) is 0 Å². The van der Waals surface area contributed by atoms with Gasteiger partial charge in [-0.3, -0.25) is 5.01 Å². The topological polar surface area (TPSA) is 34.1 Å². The second-order valence-electron chi connectivity index (χ2n) is 7.32. The highest BCUT2D eigenvalue weighted by Crippen LogP contribution is 2.07. The maximum Gasteiger partial charge on any atom is 0.0542 e. The van der Waals surface area contributed by atoms with E-state index in [0.717, 1.165) is 39.3 Å². The molecule has 0 atom stereocenters. The SMILES string of the molecule is CN1CCN(N=Cc2ccc(CNCCCN3CCCC3)cc2)CC1. The molecular formula is C20H33N5. The first-order valence-electron chi connectivity index (χ1n) is 9.79. The summed E-state index contributed by atoms with van der Waals surface area (Å²) in [6.45, 7) is 10.1. The van der Waals surface area contributed by atoms with Crippen LogP contribution in [0.15, 0.2) is 29.4 Å². The normalized spacial score (nSPS) is 20.0. The molecule has 2 fully saturated rings. The van der Waals surface area contributed by atoms with E-state index in [1.54, 1.807) is 0 Å². The summed E-state index contributed by atoms with van der Waals surface area (Å²) >= 11 is 0. The van der Waals surface area contributed by atoms with E-state index >= 15 is 0 Å². The Balaban J connectivity index is 1.32. The van der Waals surface area contributed by atoms with Crippen molar-refractivity contribution in [2.24, 2.45) is 5.10 Å². The van der Waals surface area contributed by atoms with Crippen molar-refractivity contribution in [2.45, 2.75) is 25.8 Å². The molecule has 0 amide bonds. The molecule has 0 unspecified atom stereocenters. The molecule has 3 rings (SSSR count). The molecule has 0 aliphatic carbocycles. The molecule has 0 spiro atoms. The molecule has 0 aromatic heterocycles.